The summed E-state index contributed by atoms with van der Waals surface area (Å²) < 4.78 is 74.7. The molecule has 0 saturated carbocycles. The topological polar surface area (TPSA) is 83.1 Å². The molecule has 2 N–H and O–H groups in total. The monoisotopic (exact) mass is 533 g/mol. The number of alkyl halides is 3. The van der Waals surface area contributed by atoms with Crippen LogP contribution in [-0.2, 0) is 6.18 Å². The Morgan fingerprint density at radius 2 is 1.82 bits per heavy atom. The smallest absolute Gasteiger partial charge is 0.418 e. The van der Waals surface area contributed by atoms with E-state index in [0.29, 0.717) is 30.6 Å². The SMILES string of the molecule is Cc1c(Oc2ncc(C(F)(F)F)c(C)c2-c2cc(=O)c3c(NCCN(C)C)nccc3[nH]2)ccc(F)c1F. The first-order valence-corrected chi connectivity index (χ1v) is 11.5. The first-order valence-electron chi connectivity index (χ1n) is 11.5. The number of halogens is 5. The summed E-state index contributed by atoms with van der Waals surface area (Å²) in [5.74, 6) is -2.40. The van der Waals surface area contributed by atoms with E-state index in [1.807, 2.05) is 19.0 Å². The second kappa shape index (κ2) is 10.4. The molecular weight excluding hydrogens is 509 g/mol. The highest BCUT2D eigenvalue weighted by Gasteiger charge is 2.35. The summed E-state index contributed by atoms with van der Waals surface area (Å²) in [5.41, 5.74) is -1.83. The van der Waals surface area contributed by atoms with Gasteiger partial charge >= 0.3 is 6.18 Å². The van der Waals surface area contributed by atoms with Crippen LogP contribution in [0.25, 0.3) is 22.2 Å². The van der Waals surface area contributed by atoms with E-state index in [0.717, 1.165) is 18.2 Å². The van der Waals surface area contributed by atoms with Gasteiger partial charge in [-0.3, -0.25) is 4.79 Å². The number of nitrogens with zero attached hydrogens (tertiary/aromatic N) is 3. The Morgan fingerprint density at radius 3 is 2.50 bits per heavy atom. The average Bonchev–Trinajstić information content (AvgIpc) is 2.83. The zero-order valence-corrected chi connectivity index (χ0v) is 20.9. The number of H-pyrrole nitrogens is 1. The molecule has 0 aliphatic heterocycles. The van der Waals surface area contributed by atoms with Gasteiger partial charge in [-0.2, -0.15) is 13.2 Å². The van der Waals surface area contributed by atoms with Crippen LogP contribution >= 0.6 is 0 Å². The third-order valence-corrected chi connectivity index (χ3v) is 5.97. The van der Waals surface area contributed by atoms with Gasteiger partial charge in [-0.05, 0) is 51.7 Å². The van der Waals surface area contributed by atoms with Crippen LogP contribution in [0.1, 0.15) is 16.7 Å². The molecule has 0 aliphatic carbocycles. The molecule has 0 unspecified atom stereocenters. The van der Waals surface area contributed by atoms with Crippen molar-refractivity contribution in [2.75, 3.05) is 32.5 Å². The van der Waals surface area contributed by atoms with Crippen molar-refractivity contribution in [3.63, 3.8) is 0 Å². The fraction of sp³-hybridized carbons (Fsp3) is 0.269. The quantitative estimate of drug-likeness (QED) is 0.298. The second-order valence-corrected chi connectivity index (χ2v) is 8.92. The van der Waals surface area contributed by atoms with Gasteiger partial charge in [0.25, 0.3) is 0 Å². The number of hydrogen-bond acceptors (Lipinski definition) is 6. The molecule has 3 heterocycles. The number of ether oxygens (including phenoxy) is 1. The maximum atomic E-state index is 14.1. The van der Waals surface area contributed by atoms with Gasteiger partial charge < -0.3 is 19.9 Å². The molecule has 7 nitrogen and oxygen atoms in total. The molecule has 38 heavy (non-hydrogen) atoms. The van der Waals surface area contributed by atoms with Gasteiger partial charge in [0, 0.05) is 37.1 Å². The van der Waals surface area contributed by atoms with Gasteiger partial charge in [-0.15, -0.1) is 0 Å². The Bertz CT molecular complexity index is 1570. The highest BCUT2D eigenvalue weighted by molar-refractivity contribution is 5.91. The van der Waals surface area contributed by atoms with Crippen LogP contribution in [0.4, 0.5) is 27.8 Å². The molecular formula is C26H24F5N5O2. The van der Waals surface area contributed by atoms with Crippen LogP contribution in [-0.4, -0.2) is 47.0 Å². The molecule has 3 aromatic heterocycles. The van der Waals surface area contributed by atoms with E-state index in [-0.39, 0.29) is 39.4 Å². The van der Waals surface area contributed by atoms with Crippen molar-refractivity contribution in [2.45, 2.75) is 20.0 Å². The number of likely N-dealkylation sites (N-methyl/N-ethyl adjacent to an activating group) is 1. The lowest BCUT2D eigenvalue weighted by atomic mass is 10.0. The number of rotatable bonds is 7. The third kappa shape index (κ3) is 5.30. The van der Waals surface area contributed by atoms with Crippen LogP contribution in [0.2, 0.25) is 0 Å². The van der Waals surface area contributed by atoms with Crippen molar-refractivity contribution in [1.29, 1.82) is 0 Å². The lowest BCUT2D eigenvalue weighted by Gasteiger charge is -2.19. The van der Waals surface area contributed by atoms with Crippen LogP contribution in [0.3, 0.4) is 0 Å². The summed E-state index contributed by atoms with van der Waals surface area (Å²) in [4.78, 5) is 26.2. The summed E-state index contributed by atoms with van der Waals surface area (Å²) in [6.45, 7) is 3.66. The lowest BCUT2D eigenvalue weighted by Crippen LogP contribution is -2.21. The van der Waals surface area contributed by atoms with Crippen molar-refractivity contribution in [2.24, 2.45) is 0 Å². The van der Waals surface area contributed by atoms with Gasteiger partial charge in [0.1, 0.15) is 11.6 Å². The van der Waals surface area contributed by atoms with E-state index < -0.39 is 28.8 Å². The van der Waals surface area contributed by atoms with Gasteiger partial charge in [-0.25, -0.2) is 18.7 Å². The number of aromatic amines is 1. The van der Waals surface area contributed by atoms with Crippen LogP contribution in [0, 0.1) is 25.5 Å². The summed E-state index contributed by atoms with van der Waals surface area (Å²) >= 11 is 0. The Kier molecular flexibility index (Phi) is 7.36. The normalized spacial score (nSPS) is 11.8. The van der Waals surface area contributed by atoms with Gasteiger partial charge in [-0.1, -0.05) is 0 Å². The fourth-order valence-electron chi connectivity index (χ4n) is 3.98. The lowest BCUT2D eigenvalue weighted by molar-refractivity contribution is -0.138. The molecule has 0 spiro atoms. The standard InChI is InChI=1S/C26H24F5N5O2/c1-13-15(26(29,30)31)12-34-25(38-20-6-5-16(27)23(28)14(20)2)21(13)18-11-19(37)22-17(35-18)7-8-32-24(22)33-9-10-36(3)4/h5-8,11-12H,9-10H2,1-4H3,(H,32,33)(H,35,37). The largest absolute Gasteiger partial charge is 0.438 e. The van der Waals surface area contributed by atoms with Crippen molar-refractivity contribution < 1.29 is 26.7 Å². The number of benzene rings is 1. The fourth-order valence-corrected chi connectivity index (χ4v) is 3.98. The van der Waals surface area contributed by atoms with Crippen LogP contribution in [0.15, 0.2) is 41.5 Å². The number of nitrogens with one attached hydrogen (secondary N) is 2. The molecule has 0 atom stereocenters. The van der Waals surface area contributed by atoms with Crippen molar-refractivity contribution in [3.05, 3.63) is 75.2 Å². The number of anilines is 1. The van der Waals surface area contributed by atoms with Gasteiger partial charge in [0.2, 0.25) is 5.88 Å². The predicted octanol–water partition coefficient (Wildman–Crippen LogP) is 5.66. The Balaban J connectivity index is 1.89. The zero-order valence-electron chi connectivity index (χ0n) is 20.9. The van der Waals surface area contributed by atoms with Gasteiger partial charge in [0.05, 0.1) is 27.7 Å². The van der Waals surface area contributed by atoms with Gasteiger partial charge in [0.15, 0.2) is 17.1 Å². The van der Waals surface area contributed by atoms with E-state index in [1.54, 1.807) is 0 Å². The highest BCUT2D eigenvalue weighted by Crippen LogP contribution is 2.41. The number of pyridine rings is 3. The van der Waals surface area contributed by atoms with Crippen molar-refractivity contribution in [3.8, 4) is 22.9 Å². The maximum Gasteiger partial charge on any atom is 0.418 e. The maximum absolute atomic E-state index is 14.1. The molecule has 0 fully saturated rings. The predicted molar refractivity (Wildman–Crippen MR) is 134 cm³/mol. The Morgan fingerprint density at radius 1 is 1.08 bits per heavy atom. The van der Waals surface area contributed by atoms with E-state index in [4.69, 9.17) is 4.74 Å². The first kappa shape index (κ1) is 27.0. The van der Waals surface area contributed by atoms with Crippen molar-refractivity contribution >= 4 is 16.7 Å². The molecule has 1 aromatic carbocycles. The number of fused-ring (bicyclic) bond motifs is 1. The van der Waals surface area contributed by atoms with E-state index in [9.17, 15) is 26.7 Å². The highest BCUT2D eigenvalue weighted by atomic mass is 19.4. The minimum Gasteiger partial charge on any atom is -0.438 e. The third-order valence-electron chi connectivity index (χ3n) is 5.97. The molecule has 0 saturated heterocycles. The van der Waals surface area contributed by atoms with E-state index in [1.165, 1.54) is 26.1 Å². The average molecular weight is 534 g/mol. The minimum absolute atomic E-state index is 0.000668. The molecule has 0 aliphatic rings. The second-order valence-electron chi connectivity index (χ2n) is 8.92. The zero-order chi connectivity index (χ0) is 27.8. The van der Waals surface area contributed by atoms with Crippen molar-refractivity contribution in [1.82, 2.24) is 19.9 Å². The van der Waals surface area contributed by atoms with E-state index in [2.05, 4.69) is 20.3 Å². The van der Waals surface area contributed by atoms with Crippen LogP contribution < -0.4 is 15.5 Å². The minimum atomic E-state index is -4.74. The summed E-state index contributed by atoms with van der Waals surface area (Å²) in [6.07, 6.45) is -2.69. The number of aromatic nitrogens is 3. The summed E-state index contributed by atoms with van der Waals surface area (Å²) in [6, 6.07) is 4.64. The first-order chi connectivity index (χ1) is 17.9. The molecule has 0 radical (unpaired) electrons. The number of hydrogen-bond donors (Lipinski definition) is 2. The molecule has 4 rings (SSSR count). The Labute approximate surface area is 214 Å². The molecule has 0 amide bonds. The Hall–Kier alpha value is -4.06. The summed E-state index contributed by atoms with van der Waals surface area (Å²) in [7, 11) is 3.79. The molecule has 4 aromatic rings. The van der Waals surface area contributed by atoms with Crippen LogP contribution in [0.5, 0.6) is 11.6 Å². The molecule has 0 bridgehead atoms. The van der Waals surface area contributed by atoms with E-state index >= 15 is 0 Å². The summed E-state index contributed by atoms with van der Waals surface area (Å²) in [5, 5.41) is 3.32. The molecule has 12 heteroatoms. The molecule has 200 valence electrons.